The number of unbranched alkanes of at least 4 members (excludes halogenated alkanes) is 1. The third-order valence-corrected chi connectivity index (χ3v) is 5.04. The summed E-state index contributed by atoms with van der Waals surface area (Å²) in [5, 5.41) is 2.11. The van der Waals surface area contributed by atoms with Crippen LogP contribution in [0.1, 0.15) is 33.1 Å². The van der Waals surface area contributed by atoms with E-state index in [1.807, 2.05) is 0 Å². The van der Waals surface area contributed by atoms with Crippen molar-refractivity contribution >= 4 is 21.6 Å². The van der Waals surface area contributed by atoms with Gasteiger partial charge in [-0.25, -0.2) is 17.5 Å². The Kier molecular flexibility index (Phi) is 7.44. The summed E-state index contributed by atoms with van der Waals surface area (Å²) in [6.07, 6.45) is 1.32. The molecule has 130 valence electrons. The first-order chi connectivity index (χ1) is 10.8. The number of carbonyl (C=O) groups is 1. The average Bonchev–Trinajstić information content (AvgIpc) is 2.46. The maximum atomic E-state index is 13.5. The number of nitrogens with one attached hydrogen (secondary N) is 2. The first-order valence-electron chi connectivity index (χ1n) is 7.38. The lowest BCUT2D eigenvalue weighted by atomic mass is 10.2. The highest BCUT2D eigenvalue weighted by Crippen LogP contribution is 2.20. The van der Waals surface area contributed by atoms with Gasteiger partial charge in [0.2, 0.25) is 15.9 Å². The smallest absolute Gasteiger partial charge is 0.224 e. The van der Waals surface area contributed by atoms with Crippen LogP contribution >= 0.6 is 0 Å². The number of methoxy groups -OCH3 is 1. The Balaban J connectivity index is 2.31. The van der Waals surface area contributed by atoms with E-state index in [1.165, 1.54) is 19.2 Å². The number of ether oxygens (including phenoxy) is 1. The largest absolute Gasteiger partial charge is 0.494 e. The molecule has 23 heavy (non-hydrogen) atoms. The van der Waals surface area contributed by atoms with E-state index in [1.54, 1.807) is 19.9 Å². The summed E-state index contributed by atoms with van der Waals surface area (Å²) in [4.78, 5) is 11.7. The van der Waals surface area contributed by atoms with E-state index in [-0.39, 0.29) is 18.1 Å². The number of halogens is 1. The predicted molar refractivity (Wildman–Crippen MR) is 87.5 cm³/mol. The van der Waals surface area contributed by atoms with Gasteiger partial charge in [0, 0.05) is 24.7 Å². The maximum Gasteiger partial charge on any atom is 0.224 e. The molecule has 2 N–H and O–H groups in total. The van der Waals surface area contributed by atoms with Crippen LogP contribution in [0.15, 0.2) is 18.2 Å². The second-order valence-electron chi connectivity index (χ2n) is 5.34. The third-order valence-electron chi connectivity index (χ3n) is 3.19. The summed E-state index contributed by atoms with van der Waals surface area (Å²) in [5.41, 5.74) is 0.355. The number of sulfonamides is 1. The van der Waals surface area contributed by atoms with Crippen LogP contribution in [0.5, 0.6) is 5.75 Å². The molecule has 0 spiro atoms. The lowest BCUT2D eigenvalue weighted by Gasteiger charge is -2.09. The minimum Gasteiger partial charge on any atom is -0.494 e. The number of hydrogen-bond donors (Lipinski definition) is 2. The summed E-state index contributed by atoms with van der Waals surface area (Å²) >= 11 is 0. The van der Waals surface area contributed by atoms with Gasteiger partial charge in [-0.1, -0.05) is 0 Å². The molecule has 0 atom stereocenters. The molecule has 0 radical (unpaired) electrons. The summed E-state index contributed by atoms with van der Waals surface area (Å²) in [6.45, 7) is 3.50. The van der Waals surface area contributed by atoms with Crippen LogP contribution in [0.4, 0.5) is 10.1 Å². The monoisotopic (exact) mass is 346 g/mol. The van der Waals surface area contributed by atoms with Crippen LogP contribution in [-0.2, 0) is 14.8 Å². The molecule has 1 amide bonds. The molecule has 1 aromatic rings. The summed E-state index contributed by atoms with van der Waals surface area (Å²) in [5.74, 6) is -0.685. The van der Waals surface area contributed by atoms with Crippen molar-refractivity contribution < 1.29 is 22.3 Å². The molecule has 1 rings (SSSR count). The number of benzene rings is 1. The first kappa shape index (κ1) is 19.4. The minimum absolute atomic E-state index is 0.112. The maximum absolute atomic E-state index is 13.5. The Morgan fingerprint density at radius 2 is 2.00 bits per heavy atom. The molecule has 6 nitrogen and oxygen atoms in total. The number of anilines is 1. The lowest BCUT2D eigenvalue weighted by Crippen LogP contribution is -2.31. The normalized spacial score (nSPS) is 11.5. The third kappa shape index (κ3) is 6.54. The zero-order valence-electron chi connectivity index (χ0n) is 13.6. The van der Waals surface area contributed by atoms with Crippen molar-refractivity contribution in [2.24, 2.45) is 0 Å². The Labute approximate surface area is 136 Å². The molecule has 0 aliphatic carbocycles. The van der Waals surface area contributed by atoms with E-state index >= 15 is 0 Å². The van der Waals surface area contributed by atoms with E-state index in [2.05, 4.69) is 10.0 Å². The predicted octanol–water partition coefficient (Wildman–Crippen LogP) is 2.27. The van der Waals surface area contributed by atoms with Gasteiger partial charge in [-0.2, -0.15) is 0 Å². The molecule has 0 bridgehead atoms. The fourth-order valence-electron chi connectivity index (χ4n) is 1.76. The summed E-state index contributed by atoms with van der Waals surface area (Å²) < 4.78 is 43.8. The highest BCUT2D eigenvalue weighted by molar-refractivity contribution is 7.90. The molecule has 0 aromatic heterocycles. The minimum atomic E-state index is -3.26. The van der Waals surface area contributed by atoms with E-state index in [9.17, 15) is 17.6 Å². The molecule has 1 aromatic carbocycles. The van der Waals surface area contributed by atoms with Crippen LogP contribution in [-0.4, -0.2) is 33.2 Å². The van der Waals surface area contributed by atoms with Crippen molar-refractivity contribution in [3.63, 3.8) is 0 Å². The Hall–Kier alpha value is -1.67. The van der Waals surface area contributed by atoms with E-state index < -0.39 is 21.1 Å². The molecule has 0 fully saturated rings. The van der Waals surface area contributed by atoms with E-state index in [0.717, 1.165) is 0 Å². The van der Waals surface area contributed by atoms with Crippen LogP contribution in [0.25, 0.3) is 0 Å². The second-order valence-corrected chi connectivity index (χ2v) is 7.66. The zero-order valence-corrected chi connectivity index (χ0v) is 14.4. The average molecular weight is 346 g/mol. The first-order valence-corrected chi connectivity index (χ1v) is 8.92. The van der Waals surface area contributed by atoms with Gasteiger partial charge in [0.1, 0.15) is 0 Å². The lowest BCUT2D eigenvalue weighted by molar-refractivity contribution is -0.116. The van der Waals surface area contributed by atoms with Gasteiger partial charge >= 0.3 is 0 Å². The molecule has 0 aliphatic heterocycles. The van der Waals surface area contributed by atoms with Gasteiger partial charge in [0.05, 0.1) is 12.4 Å². The van der Waals surface area contributed by atoms with Gasteiger partial charge in [-0.05, 0) is 38.8 Å². The van der Waals surface area contributed by atoms with E-state index in [0.29, 0.717) is 25.1 Å². The topological polar surface area (TPSA) is 84.5 Å². The van der Waals surface area contributed by atoms with Crippen LogP contribution in [0.3, 0.4) is 0 Å². The molecule has 0 heterocycles. The molecule has 0 saturated carbocycles. The van der Waals surface area contributed by atoms with Gasteiger partial charge in [-0.15, -0.1) is 0 Å². The molecular weight excluding hydrogens is 323 g/mol. The number of amides is 1. The van der Waals surface area contributed by atoms with Crippen molar-refractivity contribution in [3.8, 4) is 5.75 Å². The van der Waals surface area contributed by atoms with Crippen molar-refractivity contribution in [1.29, 1.82) is 0 Å². The zero-order chi connectivity index (χ0) is 17.5. The van der Waals surface area contributed by atoms with Crippen LogP contribution < -0.4 is 14.8 Å². The van der Waals surface area contributed by atoms with E-state index in [4.69, 9.17) is 4.74 Å². The fraction of sp³-hybridized carbons (Fsp3) is 0.533. The SMILES string of the molecule is COc1ccc(NC(=O)CCCCNS(=O)(=O)C(C)C)cc1F. The van der Waals surface area contributed by atoms with Crippen molar-refractivity contribution in [3.05, 3.63) is 24.0 Å². The summed E-state index contributed by atoms with van der Waals surface area (Å²) in [6, 6.07) is 4.18. The number of rotatable bonds is 9. The van der Waals surface area contributed by atoms with Crippen LogP contribution in [0.2, 0.25) is 0 Å². The van der Waals surface area contributed by atoms with Gasteiger partial charge in [-0.3, -0.25) is 4.79 Å². The molecule has 0 unspecified atom stereocenters. The quantitative estimate of drug-likeness (QED) is 0.672. The van der Waals surface area contributed by atoms with Crippen LogP contribution in [0, 0.1) is 5.82 Å². The molecular formula is C15H23FN2O4S. The second kappa shape index (κ2) is 8.83. The number of carbonyl (C=O) groups excluding carboxylic acids is 1. The number of hydrogen-bond acceptors (Lipinski definition) is 4. The van der Waals surface area contributed by atoms with Gasteiger partial charge in [0.25, 0.3) is 0 Å². The summed E-state index contributed by atoms with van der Waals surface area (Å²) in [7, 11) is -1.90. The molecule has 0 aliphatic rings. The Morgan fingerprint density at radius 1 is 1.30 bits per heavy atom. The molecule has 8 heteroatoms. The van der Waals surface area contributed by atoms with Crippen molar-refractivity contribution in [2.75, 3.05) is 19.0 Å². The van der Waals surface area contributed by atoms with Crippen molar-refractivity contribution in [2.45, 2.75) is 38.4 Å². The van der Waals surface area contributed by atoms with Crippen molar-refractivity contribution in [1.82, 2.24) is 4.72 Å². The highest BCUT2D eigenvalue weighted by atomic mass is 32.2. The van der Waals surface area contributed by atoms with Gasteiger partial charge in [0.15, 0.2) is 11.6 Å². The Bertz CT molecular complexity index is 632. The molecule has 0 saturated heterocycles. The highest BCUT2D eigenvalue weighted by Gasteiger charge is 2.14. The Morgan fingerprint density at radius 3 is 2.57 bits per heavy atom. The fourth-order valence-corrected chi connectivity index (χ4v) is 2.52. The van der Waals surface area contributed by atoms with Gasteiger partial charge < -0.3 is 10.1 Å². The standard InChI is InChI=1S/C15H23FN2O4S/c1-11(2)23(20,21)17-9-5-4-6-15(19)18-12-7-8-14(22-3)13(16)10-12/h7-8,10-11,17H,4-6,9H2,1-3H3,(H,18,19).